The molecule has 1 aliphatic rings. The Morgan fingerprint density at radius 3 is 3.04 bits per heavy atom. The molecule has 1 aliphatic carbocycles. The Morgan fingerprint density at radius 2 is 2.30 bits per heavy atom. The number of unbranched alkanes of at least 4 members (excludes halogenated alkanes) is 1. The maximum Gasteiger partial charge on any atom is 0.262 e. The number of hydrogen-bond acceptors (Lipinski definition) is 4. The van der Waals surface area contributed by atoms with Crippen molar-refractivity contribution >= 4 is 21.6 Å². The van der Waals surface area contributed by atoms with Gasteiger partial charge < -0.3 is 5.32 Å². The molecule has 0 unspecified atom stereocenters. The quantitative estimate of drug-likeness (QED) is 0.882. The van der Waals surface area contributed by atoms with E-state index in [-0.39, 0.29) is 5.56 Å². The lowest BCUT2D eigenvalue weighted by Gasteiger charge is -2.24. The number of aryl methyl sites for hydroxylation is 2. The average Bonchev–Trinajstić information content (AvgIpc) is 2.90. The molecule has 2 aromatic rings. The minimum Gasteiger partial charge on any atom is -0.313 e. The topological polar surface area (TPSA) is 46.9 Å². The van der Waals surface area contributed by atoms with Crippen molar-refractivity contribution in [3.63, 3.8) is 0 Å². The third-order valence-electron chi connectivity index (χ3n) is 4.60. The molecule has 0 aliphatic heterocycles. The van der Waals surface area contributed by atoms with Gasteiger partial charge in [-0.25, -0.2) is 4.98 Å². The molecule has 0 saturated heterocycles. The molecule has 3 rings (SSSR count). The Morgan fingerprint density at radius 1 is 1.48 bits per heavy atom. The van der Waals surface area contributed by atoms with Crippen LogP contribution < -0.4 is 10.9 Å². The van der Waals surface area contributed by atoms with Crippen LogP contribution in [0.1, 0.15) is 50.5 Å². The van der Waals surface area contributed by atoms with Crippen molar-refractivity contribution < 1.29 is 0 Å². The van der Waals surface area contributed by atoms with Gasteiger partial charge in [0.2, 0.25) is 0 Å². The Kier molecular flexibility index (Phi) is 5.17. The minimum atomic E-state index is 0.162. The molecule has 4 nitrogen and oxygen atoms in total. The maximum atomic E-state index is 12.8. The average molecular weight is 334 g/mol. The number of thiophene rings is 1. The van der Waals surface area contributed by atoms with Gasteiger partial charge in [0.05, 0.1) is 11.7 Å². The predicted octanol–water partition coefficient (Wildman–Crippen LogP) is 3.36. The van der Waals surface area contributed by atoms with E-state index in [0.717, 1.165) is 55.4 Å². The summed E-state index contributed by atoms with van der Waals surface area (Å²) in [6.07, 6.45) is 7.01. The van der Waals surface area contributed by atoms with Crippen LogP contribution in [0, 0.1) is 5.92 Å². The molecule has 2 heterocycles. The summed E-state index contributed by atoms with van der Waals surface area (Å²) < 4.78 is 1.79. The highest BCUT2D eigenvalue weighted by molar-refractivity contribution is 7.18. The fraction of sp³-hybridized carbons (Fsp3) is 0.667. The van der Waals surface area contributed by atoms with Gasteiger partial charge >= 0.3 is 0 Å². The second-order valence-corrected chi connectivity index (χ2v) is 8.11. The van der Waals surface area contributed by atoms with Gasteiger partial charge in [-0.2, -0.15) is 0 Å². The highest BCUT2D eigenvalue weighted by atomic mass is 32.1. The molecule has 0 bridgehead atoms. The molecular formula is C18H27N3OS. The van der Waals surface area contributed by atoms with Gasteiger partial charge in [0.15, 0.2) is 0 Å². The summed E-state index contributed by atoms with van der Waals surface area (Å²) in [5.74, 6) is 0.672. The van der Waals surface area contributed by atoms with Crippen molar-refractivity contribution in [2.45, 2.75) is 65.5 Å². The Hall–Kier alpha value is -1.20. The zero-order valence-electron chi connectivity index (χ0n) is 14.4. The van der Waals surface area contributed by atoms with Crippen molar-refractivity contribution in [1.82, 2.24) is 14.9 Å². The minimum absolute atomic E-state index is 0.162. The van der Waals surface area contributed by atoms with Crippen LogP contribution >= 0.6 is 11.3 Å². The lowest BCUT2D eigenvalue weighted by atomic mass is 9.93. The zero-order valence-corrected chi connectivity index (χ0v) is 15.2. The molecular weight excluding hydrogens is 306 g/mol. The number of fused-ring (bicyclic) bond motifs is 3. The fourth-order valence-corrected chi connectivity index (χ4v) is 4.52. The first kappa shape index (κ1) is 16.7. The van der Waals surface area contributed by atoms with E-state index in [1.54, 1.807) is 22.2 Å². The lowest BCUT2D eigenvalue weighted by molar-refractivity contribution is 0.428. The molecule has 126 valence electrons. The van der Waals surface area contributed by atoms with Gasteiger partial charge in [-0.05, 0) is 43.7 Å². The van der Waals surface area contributed by atoms with Crippen molar-refractivity contribution in [3.05, 3.63) is 27.1 Å². The fourth-order valence-electron chi connectivity index (χ4n) is 3.27. The second kappa shape index (κ2) is 7.14. The van der Waals surface area contributed by atoms with Crippen molar-refractivity contribution in [3.8, 4) is 0 Å². The summed E-state index contributed by atoms with van der Waals surface area (Å²) in [6, 6.07) is 0.542. The largest absolute Gasteiger partial charge is 0.313 e. The summed E-state index contributed by atoms with van der Waals surface area (Å²) in [6.45, 7) is 8.47. The van der Waals surface area contributed by atoms with E-state index < -0.39 is 0 Å². The summed E-state index contributed by atoms with van der Waals surface area (Å²) in [5, 5.41) is 4.56. The normalized spacial score (nSPS) is 17.8. The van der Waals surface area contributed by atoms with Crippen LogP contribution in [0.2, 0.25) is 0 Å². The van der Waals surface area contributed by atoms with Gasteiger partial charge in [-0.1, -0.05) is 27.2 Å². The number of nitrogens with one attached hydrogen (secondary N) is 1. The summed E-state index contributed by atoms with van der Waals surface area (Å²) in [7, 11) is 0. The van der Waals surface area contributed by atoms with Crippen LogP contribution in [0.3, 0.4) is 0 Å². The smallest absolute Gasteiger partial charge is 0.262 e. The van der Waals surface area contributed by atoms with Crippen LogP contribution in [0.5, 0.6) is 0 Å². The van der Waals surface area contributed by atoms with Crippen LogP contribution in [0.25, 0.3) is 10.2 Å². The van der Waals surface area contributed by atoms with Gasteiger partial charge in [-0.3, -0.25) is 9.36 Å². The SMILES string of the molecule is CCCCn1cnc2sc3c(c2c1=O)CC[C@H](NCC(C)C)C3. The predicted molar refractivity (Wildman–Crippen MR) is 97.4 cm³/mol. The van der Waals surface area contributed by atoms with E-state index in [0.29, 0.717) is 12.0 Å². The standard InChI is InChI=1S/C18H27N3OS/c1-4-5-8-21-11-20-17-16(18(21)22)14-7-6-13(9-15(14)23-17)19-10-12(2)3/h11-13,19H,4-10H2,1-3H3/t13-/m0/s1. The number of rotatable bonds is 6. The van der Waals surface area contributed by atoms with Gasteiger partial charge in [0.25, 0.3) is 5.56 Å². The molecule has 2 aromatic heterocycles. The Labute approximate surface area is 141 Å². The molecule has 0 aromatic carbocycles. The van der Waals surface area contributed by atoms with Crippen molar-refractivity contribution in [1.29, 1.82) is 0 Å². The van der Waals surface area contributed by atoms with E-state index in [4.69, 9.17) is 0 Å². The number of nitrogens with zero attached hydrogens (tertiary/aromatic N) is 2. The van der Waals surface area contributed by atoms with Gasteiger partial charge in [0, 0.05) is 17.5 Å². The first-order valence-corrected chi connectivity index (χ1v) is 9.64. The first-order chi connectivity index (χ1) is 11.1. The van der Waals surface area contributed by atoms with E-state index in [2.05, 4.69) is 31.1 Å². The highest BCUT2D eigenvalue weighted by Crippen LogP contribution is 2.33. The van der Waals surface area contributed by atoms with E-state index in [1.165, 1.54) is 10.4 Å². The molecule has 0 radical (unpaired) electrons. The zero-order chi connectivity index (χ0) is 16.4. The van der Waals surface area contributed by atoms with E-state index >= 15 is 0 Å². The summed E-state index contributed by atoms with van der Waals surface area (Å²) in [5.41, 5.74) is 1.44. The van der Waals surface area contributed by atoms with Gasteiger partial charge in [0.1, 0.15) is 4.83 Å². The Bertz CT molecular complexity index is 732. The second-order valence-electron chi connectivity index (χ2n) is 7.02. The molecule has 1 atom stereocenters. The molecule has 1 N–H and O–H groups in total. The molecule has 0 saturated carbocycles. The van der Waals surface area contributed by atoms with E-state index in [1.807, 2.05) is 0 Å². The lowest BCUT2D eigenvalue weighted by Crippen LogP contribution is -2.36. The van der Waals surface area contributed by atoms with Crippen LogP contribution in [0.15, 0.2) is 11.1 Å². The third-order valence-corrected chi connectivity index (χ3v) is 5.77. The van der Waals surface area contributed by atoms with Crippen LogP contribution in [-0.2, 0) is 19.4 Å². The third kappa shape index (κ3) is 3.50. The van der Waals surface area contributed by atoms with Crippen LogP contribution in [-0.4, -0.2) is 22.1 Å². The molecule has 5 heteroatoms. The number of aromatic nitrogens is 2. The van der Waals surface area contributed by atoms with Gasteiger partial charge in [-0.15, -0.1) is 11.3 Å². The monoisotopic (exact) mass is 333 g/mol. The Balaban J connectivity index is 1.87. The van der Waals surface area contributed by atoms with Crippen molar-refractivity contribution in [2.75, 3.05) is 6.54 Å². The molecule has 0 fully saturated rings. The van der Waals surface area contributed by atoms with Crippen molar-refractivity contribution in [2.24, 2.45) is 5.92 Å². The molecule has 23 heavy (non-hydrogen) atoms. The number of hydrogen-bond donors (Lipinski definition) is 1. The summed E-state index contributed by atoms with van der Waals surface area (Å²) in [4.78, 5) is 19.6. The first-order valence-electron chi connectivity index (χ1n) is 8.83. The molecule has 0 amide bonds. The molecule has 0 spiro atoms. The van der Waals surface area contributed by atoms with E-state index in [9.17, 15) is 4.79 Å². The summed E-state index contributed by atoms with van der Waals surface area (Å²) >= 11 is 1.72. The highest BCUT2D eigenvalue weighted by Gasteiger charge is 2.25. The van der Waals surface area contributed by atoms with Crippen LogP contribution in [0.4, 0.5) is 0 Å². The maximum absolute atomic E-state index is 12.8.